The number of nitrogens with zero attached hydrogens (tertiary/aromatic N) is 5. The van der Waals surface area contributed by atoms with Crippen LogP contribution in [0.1, 0.15) is 37.9 Å². The molecule has 0 aliphatic carbocycles. The highest BCUT2D eigenvalue weighted by Gasteiger charge is 2.33. The molecule has 2 atom stereocenters. The molecule has 1 N–H and O–H groups in total. The lowest BCUT2D eigenvalue weighted by molar-refractivity contribution is 0.0124. The van der Waals surface area contributed by atoms with E-state index in [1.165, 1.54) is 16.2 Å². The summed E-state index contributed by atoms with van der Waals surface area (Å²) in [6.07, 6.45) is 0.137. The average molecular weight is 579 g/mol. The summed E-state index contributed by atoms with van der Waals surface area (Å²) in [6.45, 7) is 9.38. The summed E-state index contributed by atoms with van der Waals surface area (Å²) in [5, 5.41) is 3.99. The number of carbonyl (C=O) groups is 1. The molecule has 1 aliphatic rings. The fourth-order valence-electron chi connectivity index (χ4n) is 3.72. The largest absolute Gasteiger partial charge is 0.444 e. The van der Waals surface area contributed by atoms with E-state index in [1.54, 1.807) is 39.1 Å². The maximum atomic E-state index is 14.5. The van der Waals surface area contributed by atoms with Gasteiger partial charge in [-0.25, -0.2) is 29.1 Å². The molecule has 0 saturated carbocycles. The van der Waals surface area contributed by atoms with Crippen LogP contribution in [0.15, 0.2) is 29.0 Å². The second-order valence-corrected chi connectivity index (χ2v) is 11.5. The molecule has 1 saturated heterocycles. The number of aromatic nitrogens is 4. The van der Waals surface area contributed by atoms with Crippen molar-refractivity contribution >= 4 is 39.3 Å². The van der Waals surface area contributed by atoms with E-state index in [0.29, 0.717) is 23.3 Å². The van der Waals surface area contributed by atoms with Crippen molar-refractivity contribution in [2.24, 2.45) is 0 Å². The van der Waals surface area contributed by atoms with Crippen LogP contribution < -0.4 is 10.1 Å². The number of aryl methyl sites for hydroxylation is 2. The SMILES string of the molecule is Cc1nc(Oc2ccc(Br)nc2C)c(-c2ccnc(N[C@H]3C[C@H](F)CN(C(=O)OC(C)(C)C)C3)n2)s1. The number of rotatable bonds is 5. The third-order valence-corrected chi connectivity index (χ3v) is 6.60. The summed E-state index contributed by atoms with van der Waals surface area (Å²) in [5.74, 6) is 1.34. The molecule has 0 radical (unpaired) electrons. The molecule has 4 rings (SSSR count). The summed E-state index contributed by atoms with van der Waals surface area (Å²) in [4.78, 5) is 32.4. The Morgan fingerprint density at radius 3 is 2.69 bits per heavy atom. The van der Waals surface area contributed by atoms with Gasteiger partial charge >= 0.3 is 6.09 Å². The quantitative estimate of drug-likeness (QED) is 0.372. The molecule has 9 nitrogen and oxygen atoms in total. The maximum absolute atomic E-state index is 14.5. The van der Waals surface area contributed by atoms with Crippen LogP contribution in [0.4, 0.5) is 15.1 Å². The summed E-state index contributed by atoms with van der Waals surface area (Å²) in [6, 6.07) is 5.03. The van der Waals surface area contributed by atoms with Gasteiger partial charge in [0.15, 0.2) is 5.75 Å². The molecule has 1 fully saturated rings. The molecule has 3 aromatic heterocycles. The number of nitrogens with one attached hydrogen (secondary N) is 1. The van der Waals surface area contributed by atoms with E-state index in [0.717, 1.165) is 20.2 Å². The van der Waals surface area contributed by atoms with E-state index in [2.05, 4.69) is 41.2 Å². The Morgan fingerprint density at radius 2 is 1.97 bits per heavy atom. The van der Waals surface area contributed by atoms with Crippen molar-refractivity contribution in [3.8, 4) is 22.2 Å². The molecule has 192 valence electrons. The van der Waals surface area contributed by atoms with Crippen LogP contribution in [-0.2, 0) is 4.74 Å². The Labute approximate surface area is 221 Å². The van der Waals surface area contributed by atoms with Crippen molar-refractivity contribution in [2.75, 3.05) is 18.4 Å². The Kier molecular flexibility index (Phi) is 7.74. The molecule has 3 aromatic rings. The van der Waals surface area contributed by atoms with Gasteiger partial charge in [-0.1, -0.05) is 0 Å². The van der Waals surface area contributed by atoms with Crippen LogP contribution in [-0.4, -0.2) is 61.8 Å². The van der Waals surface area contributed by atoms with E-state index in [1.807, 2.05) is 19.9 Å². The van der Waals surface area contributed by atoms with Crippen molar-refractivity contribution in [1.82, 2.24) is 24.8 Å². The zero-order valence-electron chi connectivity index (χ0n) is 20.7. The van der Waals surface area contributed by atoms with Crippen LogP contribution in [0.2, 0.25) is 0 Å². The van der Waals surface area contributed by atoms with E-state index < -0.39 is 17.9 Å². The maximum Gasteiger partial charge on any atom is 0.410 e. The van der Waals surface area contributed by atoms with Gasteiger partial charge in [0.1, 0.15) is 21.3 Å². The fourth-order valence-corrected chi connectivity index (χ4v) is 4.94. The molecule has 4 heterocycles. The molecule has 0 spiro atoms. The van der Waals surface area contributed by atoms with Gasteiger partial charge in [0, 0.05) is 25.2 Å². The second kappa shape index (κ2) is 10.6. The van der Waals surface area contributed by atoms with E-state index in [9.17, 15) is 9.18 Å². The topological polar surface area (TPSA) is 102 Å². The van der Waals surface area contributed by atoms with Crippen molar-refractivity contribution < 1.29 is 18.7 Å². The number of ether oxygens (including phenoxy) is 2. The third-order valence-electron chi connectivity index (χ3n) is 5.19. The zero-order valence-corrected chi connectivity index (χ0v) is 23.1. The fraction of sp³-hybridized carbons (Fsp3) is 0.458. The number of hydrogen-bond donors (Lipinski definition) is 1. The first-order chi connectivity index (χ1) is 17.0. The molecule has 1 amide bonds. The zero-order chi connectivity index (χ0) is 26.0. The summed E-state index contributed by atoms with van der Waals surface area (Å²) in [7, 11) is 0. The first-order valence-electron chi connectivity index (χ1n) is 11.5. The number of hydrogen-bond acceptors (Lipinski definition) is 9. The van der Waals surface area contributed by atoms with Gasteiger partial charge in [-0.3, -0.25) is 0 Å². The highest BCUT2D eigenvalue weighted by Crippen LogP contribution is 2.38. The lowest BCUT2D eigenvalue weighted by Gasteiger charge is -2.36. The first-order valence-corrected chi connectivity index (χ1v) is 13.1. The minimum Gasteiger partial charge on any atom is -0.444 e. The molecule has 0 bridgehead atoms. The van der Waals surface area contributed by atoms with Gasteiger partial charge in [-0.15, -0.1) is 11.3 Å². The molecular formula is C24H28BrFN6O3S. The van der Waals surface area contributed by atoms with Gasteiger partial charge in [0.25, 0.3) is 0 Å². The number of carbonyl (C=O) groups excluding carboxylic acids is 1. The predicted molar refractivity (Wildman–Crippen MR) is 139 cm³/mol. The molecule has 36 heavy (non-hydrogen) atoms. The van der Waals surface area contributed by atoms with Crippen molar-refractivity contribution in [1.29, 1.82) is 0 Å². The number of thiazole rings is 1. The molecule has 12 heteroatoms. The summed E-state index contributed by atoms with van der Waals surface area (Å²) >= 11 is 4.80. The lowest BCUT2D eigenvalue weighted by atomic mass is 10.0. The standard InChI is InChI=1S/C24H28BrFN6O3S/c1-13-18(6-7-19(25)28-13)34-21-20(36-14(2)29-21)17-8-9-27-22(31-17)30-16-10-15(26)11-32(12-16)23(33)35-24(3,4)5/h6-9,15-16H,10-12H2,1-5H3,(H,27,30,31)/t15-,16-/m0/s1. The van der Waals surface area contributed by atoms with Gasteiger partial charge < -0.3 is 19.7 Å². The van der Waals surface area contributed by atoms with Crippen molar-refractivity contribution in [3.63, 3.8) is 0 Å². The van der Waals surface area contributed by atoms with Crippen LogP contribution in [0.25, 0.3) is 10.6 Å². The normalized spacial score (nSPS) is 18.1. The summed E-state index contributed by atoms with van der Waals surface area (Å²) < 4.78 is 26.7. The van der Waals surface area contributed by atoms with Crippen LogP contribution in [0, 0.1) is 13.8 Å². The van der Waals surface area contributed by atoms with Gasteiger partial charge in [0.2, 0.25) is 11.8 Å². The Morgan fingerprint density at radius 1 is 1.19 bits per heavy atom. The minimum atomic E-state index is -1.18. The highest BCUT2D eigenvalue weighted by molar-refractivity contribution is 9.10. The van der Waals surface area contributed by atoms with Crippen LogP contribution >= 0.6 is 27.3 Å². The van der Waals surface area contributed by atoms with Crippen LogP contribution in [0.3, 0.4) is 0 Å². The highest BCUT2D eigenvalue weighted by atomic mass is 79.9. The summed E-state index contributed by atoms with van der Waals surface area (Å²) in [5.41, 5.74) is 0.684. The number of amides is 1. The van der Waals surface area contributed by atoms with E-state index >= 15 is 0 Å². The number of halogens is 2. The Bertz CT molecular complexity index is 1250. The van der Waals surface area contributed by atoms with Crippen molar-refractivity contribution in [2.45, 2.75) is 58.9 Å². The monoisotopic (exact) mass is 578 g/mol. The van der Waals surface area contributed by atoms with Crippen LogP contribution in [0.5, 0.6) is 11.6 Å². The number of anilines is 1. The first kappa shape index (κ1) is 26.2. The second-order valence-electron chi connectivity index (χ2n) is 9.51. The predicted octanol–water partition coefficient (Wildman–Crippen LogP) is 5.93. The number of piperidine rings is 1. The Hall–Kier alpha value is -2.86. The molecule has 0 unspecified atom stereocenters. The average Bonchev–Trinajstić information content (AvgIpc) is 3.14. The van der Waals surface area contributed by atoms with Gasteiger partial charge in [-0.2, -0.15) is 0 Å². The van der Waals surface area contributed by atoms with E-state index in [-0.39, 0.29) is 25.6 Å². The smallest absolute Gasteiger partial charge is 0.410 e. The Balaban J connectivity index is 1.52. The number of alkyl halides is 1. The van der Waals surface area contributed by atoms with Gasteiger partial charge in [-0.05, 0) is 68.7 Å². The minimum absolute atomic E-state index is 0.000831. The van der Waals surface area contributed by atoms with Crippen molar-refractivity contribution in [3.05, 3.63) is 39.7 Å². The van der Waals surface area contributed by atoms with E-state index in [4.69, 9.17) is 9.47 Å². The molecule has 1 aliphatic heterocycles. The number of pyridine rings is 1. The van der Waals surface area contributed by atoms with Gasteiger partial charge in [0.05, 0.1) is 22.9 Å². The molecular weight excluding hydrogens is 551 g/mol. The lowest BCUT2D eigenvalue weighted by Crippen LogP contribution is -2.51. The molecule has 0 aromatic carbocycles. The third kappa shape index (κ3) is 6.67. The number of likely N-dealkylation sites (tertiary alicyclic amines) is 1.